The van der Waals surface area contributed by atoms with Gasteiger partial charge in [0.1, 0.15) is 0 Å². The molecule has 2 aliphatic rings. The molecule has 1 aliphatic carbocycles. The van der Waals surface area contributed by atoms with E-state index in [4.69, 9.17) is 0 Å². The first-order valence-corrected chi connectivity index (χ1v) is 7.97. The second-order valence-electron chi connectivity index (χ2n) is 6.01. The monoisotopic (exact) mass is 258 g/mol. The SMILES string of the molecule is CCN1CCCc2cc(CNC3CCCC3)ccc21. The van der Waals surface area contributed by atoms with Crippen molar-refractivity contribution in [1.29, 1.82) is 0 Å². The molecule has 1 saturated carbocycles. The van der Waals surface area contributed by atoms with Crippen LogP contribution in [-0.2, 0) is 13.0 Å². The topological polar surface area (TPSA) is 15.3 Å². The van der Waals surface area contributed by atoms with Crippen LogP contribution in [0.15, 0.2) is 18.2 Å². The fourth-order valence-electron chi connectivity index (χ4n) is 3.56. The van der Waals surface area contributed by atoms with E-state index in [2.05, 4.69) is 35.3 Å². The smallest absolute Gasteiger partial charge is 0.0398 e. The molecule has 0 amide bonds. The molecule has 2 heteroatoms. The Balaban J connectivity index is 1.66. The number of hydrogen-bond donors (Lipinski definition) is 1. The van der Waals surface area contributed by atoms with Gasteiger partial charge in [-0.05, 0) is 49.8 Å². The van der Waals surface area contributed by atoms with Gasteiger partial charge in [-0.15, -0.1) is 0 Å². The summed E-state index contributed by atoms with van der Waals surface area (Å²) in [7, 11) is 0. The van der Waals surface area contributed by atoms with Crippen molar-refractivity contribution in [3.8, 4) is 0 Å². The van der Waals surface area contributed by atoms with E-state index in [9.17, 15) is 0 Å². The van der Waals surface area contributed by atoms with Crippen molar-refractivity contribution in [3.05, 3.63) is 29.3 Å². The highest BCUT2D eigenvalue weighted by molar-refractivity contribution is 5.56. The first-order valence-electron chi connectivity index (χ1n) is 7.97. The number of nitrogens with one attached hydrogen (secondary N) is 1. The zero-order valence-corrected chi connectivity index (χ0v) is 12.1. The molecule has 2 nitrogen and oxygen atoms in total. The molecule has 0 unspecified atom stereocenters. The van der Waals surface area contributed by atoms with Gasteiger partial charge in [0.25, 0.3) is 0 Å². The molecule has 0 saturated heterocycles. The molecule has 0 bridgehead atoms. The number of nitrogens with zero attached hydrogens (tertiary/aromatic N) is 1. The summed E-state index contributed by atoms with van der Waals surface area (Å²) in [5, 5.41) is 3.72. The maximum Gasteiger partial charge on any atom is 0.0398 e. The molecule has 1 N–H and O–H groups in total. The second kappa shape index (κ2) is 5.96. The maximum atomic E-state index is 3.72. The minimum atomic E-state index is 0.767. The van der Waals surface area contributed by atoms with E-state index >= 15 is 0 Å². The molecule has 1 fully saturated rings. The van der Waals surface area contributed by atoms with Gasteiger partial charge in [0, 0.05) is 31.4 Å². The highest BCUT2D eigenvalue weighted by atomic mass is 15.1. The molecule has 1 aliphatic heterocycles. The Morgan fingerprint density at radius 1 is 1.21 bits per heavy atom. The van der Waals surface area contributed by atoms with Crippen molar-refractivity contribution >= 4 is 5.69 Å². The minimum Gasteiger partial charge on any atom is -0.372 e. The van der Waals surface area contributed by atoms with Crippen LogP contribution in [0.4, 0.5) is 5.69 Å². The van der Waals surface area contributed by atoms with E-state index in [0.717, 1.165) is 19.1 Å². The molecule has 1 heterocycles. The van der Waals surface area contributed by atoms with E-state index < -0.39 is 0 Å². The lowest BCUT2D eigenvalue weighted by Gasteiger charge is -2.30. The van der Waals surface area contributed by atoms with E-state index in [1.54, 1.807) is 5.56 Å². The number of fused-ring (bicyclic) bond motifs is 1. The van der Waals surface area contributed by atoms with Crippen molar-refractivity contribution in [2.45, 2.75) is 58.0 Å². The number of hydrogen-bond acceptors (Lipinski definition) is 2. The Hall–Kier alpha value is -1.02. The fourth-order valence-corrected chi connectivity index (χ4v) is 3.56. The van der Waals surface area contributed by atoms with Crippen LogP contribution in [0, 0.1) is 0 Å². The van der Waals surface area contributed by atoms with Crippen LogP contribution in [0.2, 0.25) is 0 Å². The molecule has 104 valence electrons. The third-order valence-electron chi connectivity index (χ3n) is 4.69. The summed E-state index contributed by atoms with van der Waals surface area (Å²) < 4.78 is 0. The third-order valence-corrected chi connectivity index (χ3v) is 4.69. The first kappa shape index (κ1) is 13.0. The van der Waals surface area contributed by atoms with Gasteiger partial charge in [-0.25, -0.2) is 0 Å². The highest BCUT2D eigenvalue weighted by Gasteiger charge is 2.17. The summed E-state index contributed by atoms with van der Waals surface area (Å²) in [6, 6.07) is 7.85. The quantitative estimate of drug-likeness (QED) is 0.889. The summed E-state index contributed by atoms with van der Waals surface area (Å²) in [5.74, 6) is 0. The van der Waals surface area contributed by atoms with Crippen molar-refractivity contribution in [3.63, 3.8) is 0 Å². The van der Waals surface area contributed by atoms with Gasteiger partial charge < -0.3 is 10.2 Å². The van der Waals surface area contributed by atoms with E-state index in [-0.39, 0.29) is 0 Å². The molecule has 0 aromatic heterocycles. The van der Waals surface area contributed by atoms with Gasteiger partial charge >= 0.3 is 0 Å². The van der Waals surface area contributed by atoms with Gasteiger partial charge in [0.15, 0.2) is 0 Å². The van der Waals surface area contributed by atoms with Crippen LogP contribution in [0.3, 0.4) is 0 Å². The summed E-state index contributed by atoms with van der Waals surface area (Å²) in [4.78, 5) is 2.51. The summed E-state index contributed by atoms with van der Waals surface area (Å²) in [5.41, 5.74) is 4.49. The number of rotatable bonds is 4. The van der Waals surface area contributed by atoms with Crippen molar-refractivity contribution in [1.82, 2.24) is 5.32 Å². The van der Waals surface area contributed by atoms with E-state index in [0.29, 0.717) is 0 Å². The Bertz CT molecular complexity index is 421. The normalized spacial score (nSPS) is 19.7. The third kappa shape index (κ3) is 2.94. The Morgan fingerprint density at radius 3 is 2.84 bits per heavy atom. The van der Waals surface area contributed by atoms with Crippen LogP contribution in [0.1, 0.15) is 50.2 Å². The molecule has 0 spiro atoms. The largest absolute Gasteiger partial charge is 0.372 e. The van der Waals surface area contributed by atoms with Crippen LogP contribution in [0.25, 0.3) is 0 Å². The minimum absolute atomic E-state index is 0.767. The summed E-state index contributed by atoms with van der Waals surface area (Å²) >= 11 is 0. The molecule has 1 aromatic carbocycles. The van der Waals surface area contributed by atoms with Gasteiger partial charge in [-0.3, -0.25) is 0 Å². The molecule has 1 aromatic rings. The van der Waals surface area contributed by atoms with Gasteiger partial charge in [0.2, 0.25) is 0 Å². The Kier molecular flexibility index (Phi) is 4.07. The maximum absolute atomic E-state index is 3.72. The van der Waals surface area contributed by atoms with E-state index in [1.807, 2.05) is 0 Å². The molecular formula is C17H26N2. The van der Waals surface area contributed by atoms with Crippen molar-refractivity contribution in [2.75, 3.05) is 18.0 Å². The lowest BCUT2D eigenvalue weighted by atomic mass is 9.99. The number of benzene rings is 1. The summed E-state index contributed by atoms with van der Waals surface area (Å²) in [6.45, 7) is 5.66. The predicted octanol–water partition coefficient (Wildman–Crippen LogP) is 3.49. The molecular weight excluding hydrogens is 232 g/mol. The molecule has 0 atom stereocenters. The van der Waals surface area contributed by atoms with Crippen LogP contribution < -0.4 is 10.2 Å². The van der Waals surface area contributed by atoms with Crippen LogP contribution >= 0.6 is 0 Å². The second-order valence-corrected chi connectivity index (χ2v) is 6.01. The molecule has 3 rings (SSSR count). The Morgan fingerprint density at radius 2 is 2.05 bits per heavy atom. The Labute approximate surface area is 117 Å². The van der Waals surface area contributed by atoms with Crippen molar-refractivity contribution in [2.24, 2.45) is 0 Å². The van der Waals surface area contributed by atoms with Gasteiger partial charge in [0.05, 0.1) is 0 Å². The predicted molar refractivity (Wildman–Crippen MR) is 81.7 cm³/mol. The van der Waals surface area contributed by atoms with Crippen molar-refractivity contribution < 1.29 is 0 Å². The fraction of sp³-hybridized carbons (Fsp3) is 0.647. The standard InChI is InChI=1S/C17H26N2/c1-2-19-11-5-6-15-12-14(9-10-17(15)19)13-18-16-7-3-4-8-16/h9-10,12,16,18H,2-8,11,13H2,1H3. The lowest BCUT2D eigenvalue weighted by Crippen LogP contribution is -2.29. The van der Waals surface area contributed by atoms with E-state index in [1.165, 1.54) is 56.3 Å². The highest BCUT2D eigenvalue weighted by Crippen LogP contribution is 2.28. The van der Waals surface area contributed by atoms with Gasteiger partial charge in [-0.2, -0.15) is 0 Å². The van der Waals surface area contributed by atoms with Crippen LogP contribution in [-0.4, -0.2) is 19.1 Å². The molecule has 0 radical (unpaired) electrons. The van der Waals surface area contributed by atoms with Crippen LogP contribution in [0.5, 0.6) is 0 Å². The zero-order valence-electron chi connectivity index (χ0n) is 12.1. The van der Waals surface area contributed by atoms with Gasteiger partial charge in [-0.1, -0.05) is 25.0 Å². The first-order chi connectivity index (χ1) is 9.36. The summed E-state index contributed by atoms with van der Waals surface area (Å²) in [6.07, 6.45) is 8.12. The molecule has 19 heavy (non-hydrogen) atoms. The lowest BCUT2D eigenvalue weighted by molar-refractivity contribution is 0.524. The average molecular weight is 258 g/mol. The number of aryl methyl sites for hydroxylation is 1. The number of anilines is 1. The zero-order chi connectivity index (χ0) is 13.1. The average Bonchev–Trinajstić information content (AvgIpc) is 2.97.